The number of allylic oxidation sites excluding steroid dienone is 1. The van der Waals surface area contributed by atoms with Gasteiger partial charge in [-0.3, -0.25) is 0 Å². The van der Waals surface area contributed by atoms with Gasteiger partial charge in [-0.1, -0.05) is 5.57 Å². The highest BCUT2D eigenvalue weighted by Gasteiger charge is 1.90. The molecule has 0 aromatic carbocycles. The van der Waals surface area contributed by atoms with Crippen LogP contribution in [0.15, 0.2) is 11.6 Å². The quantitative estimate of drug-likeness (QED) is 0.456. The van der Waals surface area contributed by atoms with Crippen LogP contribution in [0.3, 0.4) is 0 Å². The Bertz CT molecular complexity index is 122. The normalized spacial score (nSPS) is 8.22. The molecule has 0 spiro atoms. The fourth-order valence-electron chi connectivity index (χ4n) is 0.280. The van der Waals surface area contributed by atoms with E-state index < -0.39 is 6.16 Å². The van der Waals surface area contributed by atoms with E-state index in [9.17, 15) is 4.79 Å². The van der Waals surface area contributed by atoms with Crippen molar-refractivity contribution in [2.75, 3.05) is 6.61 Å². The van der Waals surface area contributed by atoms with Crippen molar-refractivity contribution >= 4 is 6.16 Å². The van der Waals surface area contributed by atoms with Crippen molar-refractivity contribution in [2.45, 2.75) is 13.8 Å². The van der Waals surface area contributed by atoms with Crippen molar-refractivity contribution < 1.29 is 14.6 Å². The Labute approximate surface area is 53.9 Å². The Morgan fingerprint density at radius 3 is 2.56 bits per heavy atom. The zero-order chi connectivity index (χ0) is 7.28. The Kier molecular flexibility index (Phi) is 3.51. The lowest BCUT2D eigenvalue weighted by atomic mass is 10.3. The van der Waals surface area contributed by atoms with Crippen LogP contribution < -0.4 is 0 Å². The molecule has 0 saturated heterocycles. The first-order valence-corrected chi connectivity index (χ1v) is 2.62. The van der Waals surface area contributed by atoms with Crippen LogP contribution in [0.1, 0.15) is 13.8 Å². The summed E-state index contributed by atoms with van der Waals surface area (Å²) >= 11 is 0. The molecule has 0 radical (unpaired) electrons. The van der Waals surface area contributed by atoms with Crippen molar-refractivity contribution in [2.24, 2.45) is 0 Å². The molecule has 9 heavy (non-hydrogen) atoms. The largest absolute Gasteiger partial charge is 0.506 e. The monoisotopic (exact) mass is 130 g/mol. The fraction of sp³-hybridized carbons (Fsp3) is 0.500. The zero-order valence-corrected chi connectivity index (χ0v) is 5.55. The number of hydrogen-bond acceptors (Lipinski definition) is 2. The first-order valence-electron chi connectivity index (χ1n) is 2.62. The maximum absolute atomic E-state index is 9.73. The van der Waals surface area contributed by atoms with Crippen LogP contribution in [0, 0.1) is 0 Å². The summed E-state index contributed by atoms with van der Waals surface area (Å²) in [5, 5.41) is 7.97. The third-order valence-electron chi connectivity index (χ3n) is 0.698. The van der Waals surface area contributed by atoms with E-state index in [1.807, 2.05) is 13.8 Å². The number of carbonyl (C=O) groups is 1. The first kappa shape index (κ1) is 8.01. The van der Waals surface area contributed by atoms with E-state index in [1.165, 1.54) is 0 Å². The second kappa shape index (κ2) is 3.95. The molecular formula is C6H10O3. The lowest BCUT2D eigenvalue weighted by molar-refractivity contribution is 0.102. The molecule has 0 bridgehead atoms. The minimum atomic E-state index is -1.23. The topological polar surface area (TPSA) is 46.5 Å². The number of carboxylic acid groups (broad SMARTS) is 1. The standard InChI is InChI=1S/C6H10O3/c1-5(2)3-4-9-6(7)8/h3H,4H2,1-2H3,(H,7,8). The zero-order valence-electron chi connectivity index (χ0n) is 5.55. The lowest BCUT2D eigenvalue weighted by Gasteiger charge is -1.92. The molecule has 0 saturated carbocycles. The van der Waals surface area contributed by atoms with Gasteiger partial charge in [0, 0.05) is 0 Å². The molecule has 0 unspecified atom stereocenters. The summed E-state index contributed by atoms with van der Waals surface area (Å²) < 4.78 is 4.19. The van der Waals surface area contributed by atoms with Gasteiger partial charge in [0.05, 0.1) is 0 Å². The Balaban J connectivity index is 3.31. The molecule has 3 heteroatoms. The third-order valence-corrected chi connectivity index (χ3v) is 0.698. The molecule has 0 aromatic heterocycles. The summed E-state index contributed by atoms with van der Waals surface area (Å²) in [6, 6.07) is 0. The summed E-state index contributed by atoms with van der Waals surface area (Å²) in [5.74, 6) is 0. The van der Waals surface area contributed by atoms with Crippen molar-refractivity contribution in [3.8, 4) is 0 Å². The number of hydrogen-bond donors (Lipinski definition) is 1. The predicted molar refractivity (Wildman–Crippen MR) is 33.4 cm³/mol. The smallest absolute Gasteiger partial charge is 0.450 e. The second-order valence-electron chi connectivity index (χ2n) is 1.86. The molecule has 3 nitrogen and oxygen atoms in total. The molecule has 0 aliphatic carbocycles. The van der Waals surface area contributed by atoms with Gasteiger partial charge in [0.25, 0.3) is 0 Å². The molecular weight excluding hydrogens is 120 g/mol. The molecule has 0 rings (SSSR count). The van der Waals surface area contributed by atoms with Gasteiger partial charge < -0.3 is 9.84 Å². The van der Waals surface area contributed by atoms with Crippen LogP contribution in [0.4, 0.5) is 4.79 Å². The highest BCUT2D eigenvalue weighted by atomic mass is 16.7. The van der Waals surface area contributed by atoms with Gasteiger partial charge >= 0.3 is 6.16 Å². The van der Waals surface area contributed by atoms with Gasteiger partial charge in [-0.05, 0) is 19.9 Å². The first-order chi connectivity index (χ1) is 4.13. The molecule has 0 aliphatic heterocycles. The van der Waals surface area contributed by atoms with Crippen molar-refractivity contribution in [1.29, 1.82) is 0 Å². The fourth-order valence-corrected chi connectivity index (χ4v) is 0.280. The molecule has 0 heterocycles. The van der Waals surface area contributed by atoms with Crippen molar-refractivity contribution in [1.82, 2.24) is 0 Å². The van der Waals surface area contributed by atoms with E-state index in [0.717, 1.165) is 5.57 Å². The van der Waals surface area contributed by atoms with Crippen molar-refractivity contribution in [3.05, 3.63) is 11.6 Å². The van der Waals surface area contributed by atoms with E-state index in [-0.39, 0.29) is 6.61 Å². The van der Waals surface area contributed by atoms with E-state index in [1.54, 1.807) is 6.08 Å². The SMILES string of the molecule is CC(C)=CCOC(=O)O. The van der Waals surface area contributed by atoms with Crippen LogP contribution in [-0.4, -0.2) is 17.9 Å². The summed E-state index contributed by atoms with van der Waals surface area (Å²) in [7, 11) is 0. The highest BCUT2D eigenvalue weighted by molar-refractivity contribution is 5.56. The summed E-state index contributed by atoms with van der Waals surface area (Å²) in [6.07, 6.45) is 0.473. The van der Waals surface area contributed by atoms with Crippen LogP contribution in [0.5, 0.6) is 0 Å². The molecule has 0 fully saturated rings. The van der Waals surface area contributed by atoms with Gasteiger partial charge in [-0.25, -0.2) is 4.79 Å². The molecule has 1 N–H and O–H groups in total. The minimum absolute atomic E-state index is 0.150. The Morgan fingerprint density at radius 1 is 1.67 bits per heavy atom. The van der Waals surface area contributed by atoms with Crippen LogP contribution in [0.2, 0.25) is 0 Å². The van der Waals surface area contributed by atoms with E-state index in [0.29, 0.717) is 0 Å². The lowest BCUT2D eigenvalue weighted by Crippen LogP contribution is -1.99. The Hall–Kier alpha value is -0.990. The molecule has 0 aromatic rings. The molecule has 52 valence electrons. The van der Waals surface area contributed by atoms with E-state index in [2.05, 4.69) is 4.74 Å². The maximum atomic E-state index is 9.73. The van der Waals surface area contributed by atoms with Gasteiger partial charge in [0.15, 0.2) is 0 Å². The highest BCUT2D eigenvalue weighted by Crippen LogP contribution is 1.87. The number of ether oxygens (including phenoxy) is 1. The van der Waals surface area contributed by atoms with Crippen LogP contribution in [0.25, 0.3) is 0 Å². The van der Waals surface area contributed by atoms with Crippen molar-refractivity contribution in [3.63, 3.8) is 0 Å². The summed E-state index contributed by atoms with van der Waals surface area (Å²) in [4.78, 5) is 9.73. The molecule has 0 aliphatic rings. The average molecular weight is 130 g/mol. The van der Waals surface area contributed by atoms with Gasteiger partial charge in [0.1, 0.15) is 6.61 Å². The summed E-state index contributed by atoms with van der Waals surface area (Å²) in [6.45, 7) is 3.91. The third kappa shape index (κ3) is 7.01. The maximum Gasteiger partial charge on any atom is 0.506 e. The second-order valence-corrected chi connectivity index (χ2v) is 1.86. The van der Waals surface area contributed by atoms with Gasteiger partial charge in [-0.15, -0.1) is 0 Å². The van der Waals surface area contributed by atoms with E-state index >= 15 is 0 Å². The molecule has 0 atom stereocenters. The van der Waals surface area contributed by atoms with Gasteiger partial charge in [0.2, 0.25) is 0 Å². The number of rotatable bonds is 2. The Morgan fingerprint density at radius 2 is 2.22 bits per heavy atom. The summed E-state index contributed by atoms with van der Waals surface area (Å²) in [5.41, 5.74) is 1.05. The van der Waals surface area contributed by atoms with E-state index in [4.69, 9.17) is 5.11 Å². The predicted octanol–water partition coefficient (Wildman–Crippen LogP) is 1.65. The van der Waals surface area contributed by atoms with Crippen LogP contribution in [-0.2, 0) is 4.74 Å². The molecule has 0 amide bonds. The average Bonchev–Trinajstić information content (AvgIpc) is 1.63. The minimum Gasteiger partial charge on any atom is -0.450 e. The van der Waals surface area contributed by atoms with Gasteiger partial charge in [-0.2, -0.15) is 0 Å². The van der Waals surface area contributed by atoms with Crippen LogP contribution >= 0.6 is 0 Å².